The molecule has 1 aromatic rings. The van der Waals surface area contributed by atoms with Gasteiger partial charge in [0.1, 0.15) is 0 Å². The summed E-state index contributed by atoms with van der Waals surface area (Å²) in [6.07, 6.45) is 4.04. The molecule has 2 amide bonds. The van der Waals surface area contributed by atoms with Gasteiger partial charge in [-0.25, -0.2) is 0 Å². The second-order valence-corrected chi connectivity index (χ2v) is 9.46. The van der Waals surface area contributed by atoms with E-state index in [0.717, 1.165) is 90.1 Å². The fourth-order valence-corrected chi connectivity index (χ4v) is 5.37. The van der Waals surface area contributed by atoms with Gasteiger partial charge in [0, 0.05) is 56.8 Å². The number of nitrogens with zero attached hydrogens (tertiary/aromatic N) is 4. The molecule has 0 radical (unpaired) electrons. The van der Waals surface area contributed by atoms with Crippen molar-refractivity contribution in [1.82, 2.24) is 19.6 Å². The van der Waals surface area contributed by atoms with Gasteiger partial charge in [-0.15, -0.1) is 0 Å². The quantitative estimate of drug-likeness (QED) is 0.742. The van der Waals surface area contributed by atoms with E-state index in [1.807, 2.05) is 36.1 Å². The number of piperidine rings is 2. The largest absolute Gasteiger partial charge is 0.340 e. The van der Waals surface area contributed by atoms with E-state index in [0.29, 0.717) is 11.9 Å². The van der Waals surface area contributed by atoms with Crippen molar-refractivity contribution in [1.29, 1.82) is 0 Å². The van der Waals surface area contributed by atoms with Gasteiger partial charge in [0.25, 0.3) is 5.91 Å². The third-order valence-corrected chi connectivity index (χ3v) is 7.58. The first-order valence-corrected chi connectivity index (χ1v) is 12.2. The van der Waals surface area contributed by atoms with Crippen molar-refractivity contribution in [3.63, 3.8) is 0 Å². The first-order chi connectivity index (χ1) is 15.0. The highest BCUT2D eigenvalue weighted by Crippen LogP contribution is 2.26. The van der Waals surface area contributed by atoms with Crippen molar-refractivity contribution in [2.45, 2.75) is 45.6 Å². The molecule has 3 saturated heterocycles. The average molecular weight is 427 g/mol. The fraction of sp³-hybridized carbons (Fsp3) is 0.680. The number of carbonyl (C=O) groups excluding carboxylic acids is 2. The monoisotopic (exact) mass is 426 g/mol. The van der Waals surface area contributed by atoms with Crippen molar-refractivity contribution in [3.05, 3.63) is 35.4 Å². The fourth-order valence-electron chi connectivity index (χ4n) is 5.37. The predicted molar refractivity (Wildman–Crippen MR) is 123 cm³/mol. The van der Waals surface area contributed by atoms with E-state index in [1.54, 1.807) is 0 Å². The Morgan fingerprint density at radius 1 is 0.806 bits per heavy atom. The summed E-state index contributed by atoms with van der Waals surface area (Å²) < 4.78 is 0. The second-order valence-electron chi connectivity index (χ2n) is 9.46. The van der Waals surface area contributed by atoms with Crippen LogP contribution in [-0.2, 0) is 4.79 Å². The minimum Gasteiger partial charge on any atom is -0.340 e. The average Bonchev–Trinajstić information content (AvgIpc) is 2.84. The van der Waals surface area contributed by atoms with E-state index >= 15 is 0 Å². The van der Waals surface area contributed by atoms with Crippen LogP contribution >= 0.6 is 0 Å². The molecule has 3 heterocycles. The maximum Gasteiger partial charge on any atom is 0.253 e. The Kier molecular flexibility index (Phi) is 7.28. The number of carbonyl (C=O) groups is 2. The number of rotatable bonds is 4. The van der Waals surface area contributed by atoms with Crippen LogP contribution < -0.4 is 0 Å². The van der Waals surface area contributed by atoms with Gasteiger partial charge in [0.2, 0.25) is 5.91 Å². The zero-order valence-corrected chi connectivity index (χ0v) is 19.3. The van der Waals surface area contributed by atoms with E-state index in [1.165, 1.54) is 5.56 Å². The van der Waals surface area contributed by atoms with Crippen LogP contribution in [0.2, 0.25) is 0 Å². The molecule has 0 spiro atoms. The van der Waals surface area contributed by atoms with Gasteiger partial charge in [-0.05, 0) is 64.4 Å². The molecule has 31 heavy (non-hydrogen) atoms. The molecule has 0 N–H and O–H groups in total. The van der Waals surface area contributed by atoms with Crippen LogP contribution in [0.25, 0.3) is 0 Å². The maximum atomic E-state index is 12.9. The Labute approximate surface area is 187 Å². The minimum atomic E-state index is 0.158. The molecular weight excluding hydrogens is 388 g/mol. The van der Waals surface area contributed by atoms with E-state index in [4.69, 9.17) is 0 Å². The molecular formula is C25H38N4O2. The highest BCUT2D eigenvalue weighted by Gasteiger charge is 2.34. The highest BCUT2D eigenvalue weighted by molar-refractivity contribution is 5.94. The number of amides is 2. The number of piperazine rings is 1. The molecule has 170 valence electrons. The van der Waals surface area contributed by atoms with Crippen molar-refractivity contribution >= 4 is 11.8 Å². The minimum absolute atomic E-state index is 0.158. The number of hydrogen-bond donors (Lipinski definition) is 0. The van der Waals surface area contributed by atoms with Crippen LogP contribution in [0.15, 0.2) is 24.3 Å². The van der Waals surface area contributed by atoms with Crippen molar-refractivity contribution in [2.75, 3.05) is 58.9 Å². The summed E-state index contributed by atoms with van der Waals surface area (Å²) in [4.78, 5) is 34.8. The predicted octanol–water partition coefficient (Wildman–Crippen LogP) is 2.48. The third-order valence-electron chi connectivity index (χ3n) is 7.58. The van der Waals surface area contributed by atoms with E-state index < -0.39 is 0 Å². The Morgan fingerprint density at radius 3 is 2.00 bits per heavy atom. The van der Waals surface area contributed by atoms with Crippen molar-refractivity contribution in [3.8, 4) is 0 Å². The van der Waals surface area contributed by atoms with Gasteiger partial charge in [-0.1, -0.05) is 24.6 Å². The number of likely N-dealkylation sites (N-methyl/N-ethyl adjacent to an activating group) is 1. The topological polar surface area (TPSA) is 47.1 Å². The van der Waals surface area contributed by atoms with E-state index in [-0.39, 0.29) is 11.8 Å². The van der Waals surface area contributed by atoms with Gasteiger partial charge < -0.3 is 19.6 Å². The first kappa shape index (κ1) is 22.3. The molecule has 0 atom stereocenters. The SMILES string of the molecule is CCN1CCN(C(=O)C2CCN(C3CCN(C(=O)c4ccc(C)cc4)CC3)CC2)CC1. The van der Waals surface area contributed by atoms with Gasteiger partial charge in [-0.3, -0.25) is 9.59 Å². The summed E-state index contributed by atoms with van der Waals surface area (Å²) in [6.45, 7) is 12.8. The van der Waals surface area contributed by atoms with Crippen LogP contribution in [0.5, 0.6) is 0 Å². The van der Waals surface area contributed by atoms with Gasteiger partial charge in [-0.2, -0.15) is 0 Å². The van der Waals surface area contributed by atoms with Crippen molar-refractivity contribution in [2.24, 2.45) is 5.92 Å². The molecule has 3 aliphatic heterocycles. The molecule has 0 unspecified atom stereocenters. The summed E-state index contributed by atoms with van der Waals surface area (Å²) in [5, 5.41) is 0. The number of benzene rings is 1. The molecule has 0 aromatic heterocycles. The number of hydrogen-bond acceptors (Lipinski definition) is 4. The zero-order chi connectivity index (χ0) is 21.8. The lowest BCUT2D eigenvalue weighted by Crippen LogP contribution is -2.53. The standard InChI is InChI=1S/C25H38N4O2/c1-3-26-16-18-29(19-17-26)25(31)22-8-12-27(13-9-22)23-10-14-28(15-11-23)24(30)21-6-4-20(2)5-7-21/h4-7,22-23H,3,8-19H2,1-2H3. The summed E-state index contributed by atoms with van der Waals surface area (Å²) in [7, 11) is 0. The number of aryl methyl sites for hydroxylation is 1. The summed E-state index contributed by atoms with van der Waals surface area (Å²) >= 11 is 0. The summed E-state index contributed by atoms with van der Waals surface area (Å²) in [5.74, 6) is 0.743. The Hall–Kier alpha value is -1.92. The molecule has 0 saturated carbocycles. The van der Waals surface area contributed by atoms with E-state index in [9.17, 15) is 9.59 Å². The lowest BCUT2D eigenvalue weighted by molar-refractivity contribution is -0.139. The zero-order valence-electron chi connectivity index (χ0n) is 19.3. The van der Waals surface area contributed by atoms with Gasteiger partial charge in [0.15, 0.2) is 0 Å². The van der Waals surface area contributed by atoms with Crippen LogP contribution in [-0.4, -0.2) is 96.4 Å². The lowest BCUT2D eigenvalue weighted by Gasteiger charge is -2.42. The first-order valence-electron chi connectivity index (χ1n) is 12.2. The van der Waals surface area contributed by atoms with Crippen LogP contribution in [0.3, 0.4) is 0 Å². The molecule has 3 fully saturated rings. The Balaban J connectivity index is 1.21. The molecule has 0 aliphatic carbocycles. The normalized spacial score (nSPS) is 22.6. The molecule has 6 nitrogen and oxygen atoms in total. The molecule has 0 bridgehead atoms. The van der Waals surface area contributed by atoms with Crippen LogP contribution in [0.4, 0.5) is 0 Å². The van der Waals surface area contributed by atoms with Crippen molar-refractivity contribution < 1.29 is 9.59 Å². The highest BCUT2D eigenvalue weighted by atomic mass is 16.2. The van der Waals surface area contributed by atoms with Crippen LogP contribution in [0.1, 0.15) is 48.5 Å². The smallest absolute Gasteiger partial charge is 0.253 e. The summed E-state index contributed by atoms with van der Waals surface area (Å²) in [5.41, 5.74) is 1.98. The molecule has 1 aromatic carbocycles. The second kappa shape index (κ2) is 10.1. The van der Waals surface area contributed by atoms with Gasteiger partial charge >= 0.3 is 0 Å². The molecule has 6 heteroatoms. The molecule has 3 aliphatic rings. The van der Waals surface area contributed by atoms with E-state index in [2.05, 4.69) is 21.6 Å². The number of likely N-dealkylation sites (tertiary alicyclic amines) is 2. The van der Waals surface area contributed by atoms with Crippen LogP contribution in [0, 0.1) is 12.8 Å². The molecule has 4 rings (SSSR count). The Bertz CT molecular complexity index is 741. The summed E-state index contributed by atoms with van der Waals surface area (Å²) in [6, 6.07) is 8.44. The maximum absolute atomic E-state index is 12.9. The third kappa shape index (κ3) is 5.29. The Morgan fingerprint density at radius 2 is 1.42 bits per heavy atom. The lowest BCUT2D eigenvalue weighted by atomic mass is 9.92. The van der Waals surface area contributed by atoms with Gasteiger partial charge in [0.05, 0.1) is 0 Å².